The number of hydrogen-bond acceptors (Lipinski definition) is 2. The van der Waals surface area contributed by atoms with Gasteiger partial charge in [-0.2, -0.15) is 0 Å². The zero-order valence-electron chi connectivity index (χ0n) is 10.9. The smallest absolute Gasteiger partial charge is 0.0595 e. The van der Waals surface area contributed by atoms with Crippen LogP contribution in [0.5, 0.6) is 0 Å². The average Bonchev–Trinajstić information content (AvgIpc) is 2.15. The van der Waals surface area contributed by atoms with Crippen molar-refractivity contribution in [3.8, 4) is 0 Å². The minimum absolute atomic E-state index is 0.0887. The van der Waals surface area contributed by atoms with E-state index in [1.807, 2.05) is 0 Å². The van der Waals surface area contributed by atoms with Crippen LogP contribution in [0, 0.1) is 22.7 Å². The maximum atomic E-state index is 10.1. The molecule has 16 heavy (non-hydrogen) atoms. The number of rotatable bonds is 1. The van der Waals surface area contributed by atoms with Gasteiger partial charge in [0.2, 0.25) is 0 Å². The molecule has 0 aromatic heterocycles. The van der Waals surface area contributed by atoms with Crippen molar-refractivity contribution in [2.24, 2.45) is 22.7 Å². The lowest BCUT2D eigenvalue weighted by molar-refractivity contribution is -0.136. The van der Waals surface area contributed by atoms with Crippen molar-refractivity contribution in [2.75, 3.05) is 6.61 Å². The summed E-state index contributed by atoms with van der Waals surface area (Å²) in [5.41, 5.74) is 0.523. The van der Waals surface area contributed by atoms with Crippen molar-refractivity contribution in [1.82, 2.24) is 0 Å². The molecule has 0 aliphatic heterocycles. The summed E-state index contributed by atoms with van der Waals surface area (Å²) in [5.74, 6) is 0.750. The van der Waals surface area contributed by atoms with Gasteiger partial charge >= 0.3 is 0 Å². The third-order valence-electron chi connectivity index (χ3n) is 5.54. The molecule has 2 aliphatic carbocycles. The first-order chi connectivity index (χ1) is 7.42. The van der Waals surface area contributed by atoms with E-state index in [4.69, 9.17) is 0 Å². The van der Waals surface area contributed by atoms with E-state index < -0.39 is 0 Å². The Morgan fingerprint density at radius 3 is 2.44 bits per heavy atom. The molecule has 0 aromatic rings. The maximum absolute atomic E-state index is 10.1. The van der Waals surface area contributed by atoms with E-state index in [0.717, 1.165) is 12.8 Å². The van der Waals surface area contributed by atoms with Crippen LogP contribution in [0.15, 0.2) is 0 Å². The molecule has 0 bridgehead atoms. The quantitative estimate of drug-likeness (QED) is 0.721. The Morgan fingerprint density at radius 1 is 1.12 bits per heavy atom. The molecule has 0 heterocycles. The second kappa shape index (κ2) is 3.99. The van der Waals surface area contributed by atoms with Crippen LogP contribution in [0.25, 0.3) is 0 Å². The first kappa shape index (κ1) is 12.4. The molecule has 0 saturated heterocycles. The van der Waals surface area contributed by atoms with E-state index in [0.29, 0.717) is 11.3 Å². The van der Waals surface area contributed by atoms with Crippen molar-refractivity contribution < 1.29 is 10.2 Å². The van der Waals surface area contributed by atoms with Crippen molar-refractivity contribution in [3.63, 3.8) is 0 Å². The lowest BCUT2D eigenvalue weighted by Crippen LogP contribution is -2.54. The molecule has 2 N–H and O–H groups in total. The minimum Gasteiger partial charge on any atom is -0.396 e. The fourth-order valence-corrected chi connectivity index (χ4v) is 4.64. The van der Waals surface area contributed by atoms with Crippen LogP contribution >= 0.6 is 0 Å². The summed E-state index contributed by atoms with van der Waals surface area (Å²) < 4.78 is 0. The molecule has 0 amide bonds. The van der Waals surface area contributed by atoms with Crippen LogP contribution in [0.1, 0.15) is 52.9 Å². The van der Waals surface area contributed by atoms with E-state index in [9.17, 15) is 10.2 Å². The molecule has 0 aromatic carbocycles. The Morgan fingerprint density at radius 2 is 1.81 bits per heavy atom. The minimum atomic E-state index is -0.292. The summed E-state index contributed by atoms with van der Waals surface area (Å²) in [5, 5.41) is 19.7. The first-order valence-electron chi connectivity index (χ1n) is 6.71. The largest absolute Gasteiger partial charge is 0.396 e. The predicted molar refractivity (Wildman–Crippen MR) is 65.0 cm³/mol. The molecule has 2 fully saturated rings. The van der Waals surface area contributed by atoms with Gasteiger partial charge in [0.05, 0.1) is 6.10 Å². The second-order valence-corrected chi connectivity index (χ2v) is 6.83. The molecule has 2 rings (SSSR count). The zero-order valence-corrected chi connectivity index (χ0v) is 10.9. The van der Waals surface area contributed by atoms with Gasteiger partial charge in [-0.3, -0.25) is 0 Å². The first-order valence-corrected chi connectivity index (χ1v) is 6.71. The highest BCUT2D eigenvalue weighted by atomic mass is 16.3. The standard InChI is InChI=1S/C14H26O2/c1-13(2)7-4-8-14(3)10(9-15)11(16)5-6-12(13)14/h10-12,15-16H,4-9H2,1-3H3/t10-,11-,12?,14-/m1/s1. The third kappa shape index (κ3) is 1.70. The van der Waals surface area contributed by atoms with Gasteiger partial charge in [-0.05, 0) is 42.4 Å². The number of hydrogen-bond donors (Lipinski definition) is 2. The van der Waals surface area contributed by atoms with E-state index in [-0.39, 0.29) is 24.0 Å². The van der Waals surface area contributed by atoms with Crippen LogP contribution in [-0.2, 0) is 0 Å². The molecular formula is C14H26O2. The van der Waals surface area contributed by atoms with Gasteiger partial charge in [0.15, 0.2) is 0 Å². The number of aliphatic hydroxyl groups excluding tert-OH is 2. The molecule has 94 valence electrons. The Hall–Kier alpha value is -0.0800. The van der Waals surface area contributed by atoms with Crippen LogP contribution in [0.3, 0.4) is 0 Å². The highest BCUT2D eigenvalue weighted by Gasteiger charge is 2.54. The second-order valence-electron chi connectivity index (χ2n) is 6.83. The van der Waals surface area contributed by atoms with Crippen LogP contribution in [-0.4, -0.2) is 22.9 Å². The van der Waals surface area contributed by atoms with E-state index in [1.54, 1.807) is 0 Å². The molecule has 4 atom stereocenters. The summed E-state index contributed by atoms with van der Waals surface area (Å²) in [6.07, 6.45) is 5.41. The Bertz CT molecular complexity index is 261. The van der Waals surface area contributed by atoms with E-state index >= 15 is 0 Å². The van der Waals surface area contributed by atoms with Crippen LogP contribution < -0.4 is 0 Å². The lowest BCUT2D eigenvalue weighted by atomic mass is 9.48. The molecule has 2 saturated carbocycles. The fourth-order valence-electron chi connectivity index (χ4n) is 4.64. The highest BCUT2D eigenvalue weighted by Crippen LogP contribution is 2.59. The van der Waals surface area contributed by atoms with Crippen molar-refractivity contribution in [1.29, 1.82) is 0 Å². The van der Waals surface area contributed by atoms with Gasteiger partial charge in [-0.25, -0.2) is 0 Å². The van der Waals surface area contributed by atoms with Crippen LogP contribution in [0.4, 0.5) is 0 Å². The van der Waals surface area contributed by atoms with Gasteiger partial charge < -0.3 is 10.2 Å². The zero-order chi connectivity index (χ0) is 12.0. The third-order valence-corrected chi connectivity index (χ3v) is 5.54. The number of fused-ring (bicyclic) bond motifs is 1. The predicted octanol–water partition coefficient (Wildman–Crippen LogP) is 2.58. The average molecular weight is 226 g/mol. The van der Waals surface area contributed by atoms with E-state index in [2.05, 4.69) is 20.8 Å². The normalized spacial score (nSPS) is 47.4. The Balaban J connectivity index is 2.31. The summed E-state index contributed by atoms with van der Waals surface area (Å²) in [6.45, 7) is 7.16. The molecule has 2 nitrogen and oxygen atoms in total. The van der Waals surface area contributed by atoms with Gasteiger partial charge in [0, 0.05) is 12.5 Å². The Kier molecular flexibility index (Phi) is 3.09. The molecule has 0 radical (unpaired) electrons. The van der Waals surface area contributed by atoms with Gasteiger partial charge in [-0.1, -0.05) is 27.2 Å². The van der Waals surface area contributed by atoms with Crippen LogP contribution in [0.2, 0.25) is 0 Å². The number of aliphatic hydroxyl groups is 2. The van der Waals surface area contributed by atoms with E-state index in [1.165, 1.54) is 19.3 Å². The summed E-state index contributed by atoms with van der Waals surface area (Å²) in [7, 11) is 0. The fraction of sp³-hybridized carbons (Fsp3) is 1.00. The molecule has 1 unspecified atom stereocenters. The lowest BCUT2D eigenvalue weighted by Gasteiger charge is -2.58. The van der Waals surface area contributed by atoms with Crippen molar-refractivity contribution in [2.45, 2.75) is 59.0 Å². The SMILES string of the molecule is CC1(C)CCC[C@@]2(C)C1CC[C@@H](O)[C@H]2CO. The summed E-state index contributed by atoms with van der Waals surface area (Å²) in [4.78, 5) is 0. The molecule has 2 heteroatoms. The Labute approximate surface area is 99.1 Å². The maximum Gasteiger partial charge on any atom is 0.0595 e. The topological polar surface area (TPSA) is 40.5 Å². The monoisotopic (exact) mass is 226 g/mol. The highest BCUT2D eigenvalue weighted by molar-refractivity contribution is 5.03. The van der Waals surface area contributed by atoms with Gasteiger partial charge in [-0.15, -0.1) is 0 Å². The van der Waals surface area contributed by atoms with Gasteiger partial charge in [0.1, 0.15) is 0 Å². The van der Waals surface area contributed by atoms with Crippen molar-refractivity contribution >= 4 is 0 Å². The molecule has 2 aliphatic rings. The molecule has 0 spiro atoms. The summed E-state index contributed by atoms with van der Waals surface area (Å²) in [6, 6.07) is 0. The molecular weight excluding hydrogens is 200 g/mol. The van der Waals surface area contributed by atoms with Gasteiger partial charge in [0.25, 0.3) is 0 Å². The summed E-state index contributed by atoms with van der Waals surface area (Å²) >= 11 is 0. The van der Waals surface area contributed by atoms with Crippen molar-refractivity contribution in [3.05, 3.63) is 0 Å².